The molecule has 1 aromatic heterocycles. The Hall–Kier alpha value is -4.20. The van der Waals surface area contributed by atoms with Gasteiger partial charge >= 0.3 is 6.36 Å². The number of nitrogens with one attached hydrogen (secondary N) is 1. The quantitative estimate of drug-likeness (QED) is 0.358. The summed E-state index contributed by atoms with van der Waals surface area (Å²) < 4.78 is 43.3. The number of nitrogens with two attached hydrogens (primary N) is 1. The monoisotopic (exact) mass is 615 g/mol. The van der Waals surface area contributed by atoms with Crippen molar-refractivity contribution in [2.75, 3.05) is 19.6 Å². The Balaban J connectivity index is 1.25. The van der Waals surface area contributed by atoms with Crippen molar-refractivity contribution in [3.8, 4) is 5.75 Å². The van der Waals surface area contributed by atoms with Gasteiger partial charge in [-0.25, -0.2) is 4.68 Å². The number of alkyl halides is 3. The van der Waals surface area contributed by atoms with E-state index in [4.69, 9.17) is 5.73 Å². The Morgan fingerprint density at radius 3 is 2.50 bits per heavy atom. The molecule has 14 heteroatoms. The van der Waals surface area contributed by atoms with E-state index in [0.717, 1.165) is 29.5 Å². The Morgan fingerprint density at radius 2 is 1.80 bits per heavy atom. The van der Waals surface area contributed by atoms with E-state index in [1.807, 2.05) is 18.2 Å². The second-order valence-corrected chi connectivity index (χ2v) is 11.5. The molecule has 0 saturated carbocycles. The summed E-state index contributed by atoms with van der Waals surface area (Å²) in [4.78, 5) is 42.8. The number of hydrogen-bond donors (Lipinski definition) is 2. The maximum Gasteiger partial charge on any atom is 0.573 e. The second-order valence-electron chi connectivity index (χ2n) is 11.5. The Kier molecular flexibility index (Phi) is 9.37. The summed E-state index contributed by atoms with van der Waals surface area (Å²) in [5.74, 6) is -1.24. The predicted octanol–water partition coefficient (Wildman–Crippen LogP) is 2.67. The molecule has 2 fully saturated rings. The third-order valence-electron chi connectivity index (χ3n) is 8.24. The highest BCUT2D eigenvalue weighted by molar-refractivity contribution is 5.91. The molecule has 11 nitrogen and oxygen atoms in total. The molecule has 3 aromatic rings. The lowest BCUT2D eigenvalue weighted by atomic mass is 9.96. The van der Waals surface area contributed by atoms with Crippen LogP contribution in [0.1, 0.15) is 43.2 Å². The first-order chi connectivity index (χ1) is 21.0. The van der Waals surface area contributed by atoms with Crippen molar-refractivity contribution in [2.24, 2.45) is 18.7 Å². The van der Waals surface area contributed by atoms with Crippen molar-refractivity contribution in [1.82, 2.24) is 30.1 Å². The van der Waals surface area contributed by atoms with Crippen molar-refractivity contribution in [1.29, 1.82) is 0 Å². The molecule has 0 bridgehead atoms. The minimum atomic E-state index is -4.79. The van der Waals surface area contributed by atoms with Crippen LogP contribution in [-0.2, 0) is 34.4 Å². The maximum atomic E-state index is 13.5. The van der Waals surface area contributed by atoms with E-state index >= 15 is 0 Å². The Labute approximate surface area is 252 Å². The van der Waals surface area contributed by atoms with Crippen LogP contribution in [0.25, 0.3) is 11.0 Å². The van der Waals surface area contributed by atoms with Crippen LogP contribution < -0.4 is 15.8 Å². The molecule has 5 rings (SSSR count). The molecule has 2 aromatic carbocycles. The fourth-order valence-electron chi connectivity index (χ4n) is 5.97. The average molecular weight is 616 g/mol. The van der Waals surface area contributed by atoms with E-state index in [-0.39, 0.29) is 49.4 Å². The number of aromatic nitrogens is 3. The minimum absolute atomic E-state index is 0.0302. The fourth-order valence-corrected chi connectivity index (χ4v) is 5.97. The van der Waals surface area contributed by atoms with Gasteiger partial charge in [-0.05, 0) is 73.4 Å². The summed E-state index contributed by atoms with van der Waals surface area (Å²) in [6.07, 6.45) is -1.75. The number of amides is 3. The average Bonchev–Trinajstić information content (AvgIpc) is 3.75. The third-order valence-corrected chi connectivity index (χ3v) is 8.24. The van der Waals surface area contributed by atoms with Gasteiger partial charge in [0, 0.05) is 39.6 Å². The molecule has 2 saturated heterocycles. The number of ether oxygens (including phenoxy) is 1. The van der Waals surface area contributed by atoms with Crippen LogP contribution in [0, 0.1) is 5.92 Å². The van der Waals surface area contributed by atoms with Crippen LogP contribution in [0.4, 0.5) is 13.2 Å². The van der Waals surface area contributed by atoms with Crippen LogP contribution in [0.2, 0.25) is 0 Å². The van der Waals surface area contributed by atoms with E-state index in [9.17, 15) is 27.6 Å². The normalized spacial score (nSPS) is 19.4. The molecule has 236 valence electrons. The first kappa shape index (κ1) is 31.2. The van der Waals surface area contributed by atoms with Gasteiger partial charge in [0.05, 0.1) is 11.6 Å². The summed E-state index contributed by atoms with van der Waals surface area (Å²) in [5, 5.41) is 11.0. The molecule has 2 unspecified atom stereocenters. The van der Waals surface area contributed by atoms with Crippen molar-refractivity contribution in [2.45, 2.75) is 63.5 Å². The van der Waals surface area contributed by atoms with Gasteiger partial charge in [0.15, 0.2) is 0 Å². The summed E-state index contributed by atoms with van der Waals surface area (Å²) in [6.45, 7) is 1.89. The van der Waals surface area contributed by atoms with Crippen molar-refractivity contribution in [3.63, 3.8) is 0 Å². The zero-order valence-corrected chi connectivity index (χ0v) is 24.4. The zero-order valence-electron chi connectivity index (χ0n) is 24.4. The van der Waals surface area contributed by atoms with Crippen molar-refractivity contribution >= 4 is 28.8 Å². The lowest BCUT2D eigenvalue weighted by Crippen LogP contribution is -2.51. The van der Waals surface area contributed by atoms with E-state index in [0.29, 0.717) is 31.4 Å². The van der Waals surface area contributed by atoms with Crippen molar-refractivity contribution < 1.29 is 32.3 Å². The molecule has 2 aliphatic rings. The lowest BCUT2D eigenvalue weighted by molar-refractivity contribution is -0.274. The van der Waals surface area contributed by atoms with Crippen LogP contribution in [-0.4, -0.2) is 80.6 Å². The number of likely N-dealkylation sites (tertiary alicyclic amines) is 2. The molecule has 3 atom stereocenters. The summed E-state index contributed by atoms with van der Waals surface area (Å²) >= 11 is 0. The van der Waals surface area contributed by atoms with Crippen LogP contribution in [0.3, 0.4) is 0 Å². The van der Waals surface area contributed by atoms with E-state index in [2.05, 4.69) is 20.4 Å². The van der Waals surface area contributed by atoms with Gasteiger partial charge in [0.25, 0.3) is 0 Å². The number of carbonyl (C=O) groups excluding carboxylic acids is 3. The molecule has 3 heterocycles. The van der Waals surface area contributed by atoms with Crippen LogP contribution in [0.5, 0.6) is 5.75 Å². The molecule has 2 aliphatic heterocycles. The third kappa shape index (κ3) is 7.65. The highest BCUT2D eigenvalue weighted by Crippen LogP contribution is 2.29. The number of aryl methyl sites for hydroxylation is 1. The van der Waals surface area contributed by atoms with Crippen molar-refractivity contribution in [3.05, 3.63) is 53.6 Å². The summed E-state index contributed by atoms with van der Waals surface area (Å²) in [5.41, 5.74) is 9.38. The van der Waals surface area contributed by atoms with E-state index < -0.39 is 24.4 Å². The SMILES string of the molecule is Cn1nnc2cc(CNC(=O)C3CC(Cc4ccc(OC(F)(F)F)cc4)CN3C(=O)[C@H](N)CCC(=O)N3CCCC3)ccc21. The number of halogens is 3. The molecular formula is C30H36F3N7O4. The first-order valence-electron chi connectivity index (χ1n) is 14.7. The highest BCUT2D eigenvalue weighted by Gasteiger charge is 2.41. The number of fused-ring (bicyclic) bond motifs is 1. The molecule has 3 amide bonds. The molecular weight excluding hydrogens is 579 g/mol. The zero-order chi connectivity index (χ0) is 31.4. The molecule has 0 spiro atoms. The van der Waals surface area contributed by atoms with E-state index in [1.54, 1.807) is 28.8 Å². The lowest BCUT2D eigenvalue weighted by Gasteiger charge is -2.27. The largest absolute Gasteiger partial charge is 0.573 e. The molecule has 3 N–H and O–H groups in total. The van der Waals surface area contributed by atoms with Gasteiger partial charge < -0.3 is 25.6 Å². The standard InChI is InChI=1S/C30H36F3N7O4/c1-38-25-10-6-20(15-24(25)36-37-38)17-35-28(42)26-16-21(14-19-4-7-22(8-5-19)44-30(31,32)33)18-40(26)29(43)23(34)9-11-27(41)39-12-2-3-13-39/h4-8,10,15,21,23,26H,2-3,9,11-14,16-18,34H2,1H3,(H,35,42)/t21?,23-,26?/m1/s1. The van der Waals surface area contributed by atoms with Crippen LogP contribution >= 0.6 is 0 Å². The van der Waals surface area contributed by atoms with Crippen LogP contribution in [0.15, 0.2) is 42.5 Å². The summed E-state index contributed by atoms with van der Waals surface area (Å²) in [7, 11) is 1.79. The number of benzene rings is 2. The van der Waals surface area contributed by atoms with Gasteiger partial charge in [-0.1, -0.05) is 23.4 Å². The Bertz CT molecular complexity index is 1490. The van der Waals surface area contributed by atoms with Gasteiger partial charge in [-0.15, -0.1) is 18.3 Å². The Morgan fingerprint density at radius 1 is 1.09 bits per heavy atom. The number of nitrogens with zero attached hydrogens (tertiary/aromatic N) is 5. The number of carbonyl (C=O) groups is 3. The van der Waals surface area contributed by atoms with Gasteiger partial charge in [0.1, 0.15) is 17.3 Å². The predicted molar refractivity (Wildman–Crippen MR) is 154 cm³/mol. The smallest absolute Gasteiger partial charge is 0.406 e. The van der Waals surface area contributed by atoms with E-state index in [1.165, 1.54) is 17.0 Å². The molecule has 0 aliphatic carbocycles. The topological polar surface area (TPSA) is 136 Å². The van der Waals surface area contributed by atoms with Gasteiger partial charge in [0.2, 0.25) is 17.7 Å². The highest BCUT2D eigenvalue weighted by atomic mass is 19.4. The maximum absolute atomic E-state index is 13.5. The summed E-state index contributed by atoms with van der Waals surface area (Å²) in [6, 6.07) is 9.39. The molecule has 0 radical (unpaired) electrons. The minimum Gasteiger partial charge on any atom is -0.406 e. The second kappa shape index (κ2) is 13.2. The number of hydrogen-bond acceptors (Lipinski definition) is 7. The van der Waals surface area contributed by atoms with Gasteiger partial charge in [-0.3, -0.25) is 14.4 Å². The first-order valence-corrected chi connectivity index (χ1v) is 14.7. The molecule has 44 heavy (non-hydrogen) atoms. The van der Waals surface area contributed by atoms with Gasteiger partial charge in [-0.2, -0.15) is 0 Å². The fraction of sp³-hybridized carbons (Fsp3) is 0.500. The number of rotatable bonds is 10.